The van der Waals surface area contributed by atoms with E-state index in [0.717, 1.165) is 0 Å². The van der Waals surface area contributed by atoms with Crippen LogP contribution in [0.5, 0.6) is 0 Å². The highest BCUT2D eigenvalue weighted by Gasteiger charge is 2.36. The van der Waals surface area contributed by atoms with Crippen molar-refractivity contribution in [3.63, 3.8) is 0 Å². The summed E-state index contributed by atoms with van der Waals surface area (Å²) < 4.78 is 21.4. The first-order valence-corrected chi connectivity index (χ1v) is 9.51. The summed E-state index contributed by atoms with van der Waals surface area (Å²) in [5.74, 6) is -2.72. The molecule has 1 unspecified atom stereocenters. The zero-order chi connectivity index (χ0) is 20.6. The Morgan fingerprint density at radius 2 is 2.14 bits per heavy atom. The van der Waals surface area contributed by atoms with Crippen LogP contribution in [0.25, 0.3) is 0 Å². The molecule has 0 bridgehead atoms. The lowest BCUT2D eigenvalue weighted by atomic mass is 9.96. The van der Waals surface area contributed by atoms with Crippen molar-refractivity contribution in [2.24, 2.45) is 5.73 Å². The Morgan fingerprint density at radius 1 is 1.43 bits per heavy atom. The van der Waals surface area contributed by atoms with Crippen LogP contribution in [-0.2, 0) is 16.1 Å². The van der Waals surface area contributed by atoms with E-state index in [9.17, 15) is 18.8 Å². The van der Waals surface area contributed by atoms with E-state index >= 15 is 0 Å². The van der Waals surface area contributed by atoms with Gasteiger partial charge in [-0.1, -0.05) is 15.9 Å². The number of aromatic nitrogens is 1. The Labute approximate surface area is 168 Å². The minimum Gasteiger partial charge on any atom is -0.462 e. The maximum absolute atomic E-state index is 14.4. The van der Waals surface area contributed by atoms with E-state index in [1.165, 1.54) is 23.6 Å². The number of nitrogens with zero attached hydrogens (tertiary/aromatic N) is 1. The average molecular weight is 452 g/mol. The van der Waals surface area contributed by atoms with Crippen LogP contribution in [0.1, 0.15) is 40.9 Å². The number of nitrogens with two attached hydrogens (primary N) is 1. The lowest BCUT2D eigenvalue weighted by Gasteiger charge is -2.20. The Morgan fingerprint density at radius 3 is 2.75 bits per heavy atom. The van der Waals surface area contributed by atoms with Crippen LogP contribution in [0.15, 0.2) is 27.5 Å². The zero-order valence-corrected chi connectivity index (χ0v) is 16.9. The molecule has 0 radical (unpaired) electrons. The van der Waals surface area contributed by atoms with Crippen molar-refractivity contribution >= 4 is 39.2 Å². The molecule has 3 N–H and O–H groups in total. The largest absolute Gasteiger partial charge is 0.462 e. The van der Waals surface area contributed by atoms with Crippen molar-refractivity contribution in [2.75, 3.05) is 11.9 Å². The molecule has 1 aromatic heterocycles. The molecular weight excluding hydrogens is 433 g/mol. The summed E-state index contributed by atoms with van der Waals surface area (Å²) in [6, 6.07) is 4.36. The molecule has 9 heteroatoms. The van der Waals surface area contributed by atoms with Crippen molar-refractivity contribution < 1.29 is 18.7 Å². The van der Waals surface area contributed by atoms with Gasteiger partial charge in [0.1, 0.15) is 11.4 Å². The first kappa shape index (κ1) is 20.1. The smallest absolute Gasteiger partial charge is 0.342 e. The van der Waals surface area contributed by atoms with Gasteiger partial charge in [0.05, 0.1) is 29.6 Å². The van der Waals surface area contributed by atoms with E-state index in [1.807, 2.05) is 0 Å². The van der Waals surface area contributed by atoms with Gasteiger partial charge in [-0.05, 0) is 38.5 Å². The summed E-state index contributed by atoms with van der Waals surface area (Å²) in [6.07, 6.45) is 0.312. The molecule has 0 spiro atoms. The number of carbonyl (C=O) groups is 2. The lowest BCUT2D eigenvalue weighted by Crippen LogP contribution is -2.30. The maximum Gasteiger partial charge on any atom is 0.342 e. The van der Waals surface area contributed by atoms with Crippen molar-refractivity contribution in [1.82, 2.24) is 4.57 Å². The van der Waals surface area contributed by atoms with Gasteiger partial charge in [-0.3, -0.25) is 9.59 Å². The van der Waals surface area contributed by atoms with E-state index in [1.54, 1.807) is 13.0 Å². The van der Waals surface area contributed by atoms with Gasteiger partial charge in [-0.2, -0.15) is 0 Å². The quantitative estimate of drug-likeness (QED) is 0.680. The minimum atomic E-state index is -0.803. The second kappa shape index (κ2) is 7.75. The minimum absolute atomic E-state index is 0.0302. The molecule has 148 valence electrons. The first-order valence-electron chi connectivity index (χ1n) is 8.72. The number of carbonyl (C=O) groups excluding carboxylic acids is 2. The number of anilines is 2. The van der Waals surface area contributed by atoms with Crippen molar-refractivity contribution in [3.8, 4) is 0 Å². The Bertz CT molecular complexity index is 1030. The van der Waals surface area contributed by atoms with Gasteiger partial charge in [0.25, 0.3) is 5.56 Å². The second-order valence-electron chi connectivity index (χ2n) is 6.43. The Balaban J connectivity index is 2.27. The molecular formula is C19H19BrFN3O4. The molecule has 1 atom stereocenters. The van der Waals surface area contributed by atoms with Crippen molar-refractivity contribution in [1.29, 1.82) is 0 Å². The highest BCUT2D eigenvalue weighted by molar-refractivity contribution is 9.10. The van der Waals surface area contributed by atoms with Crippen LogP contribution < -0.4 is 16.6 Å². The van der Waals surface area contributed by atoms with E-state index in [0.29, 0.717) is 10.9 Å². The predicted octanol–water partition coefficient (Wildman–Crippen LogP) is 2.95. The van der Waals surface area contributed by atoms with Crippen LogP contribution in [0.2, 0.25) is 0 Å². The number of primary amides is 1. The fourth-order valence-electron chi connectivity index (χ4n) is 3.42. The number of hydrogen-bond acceptors (Lipinski definition) is 5. The zero-order valence-electron chi connectivity index (χ0n) is 15.3. The number of ether oxygens (including phenoxy) is 1. The number of pyridine rings is 1. The number of hydrogen-bond donors (Lipinski definition) is 2. The molecule has 0 saturated carbocycles. The highest BCUT2D eigenvalue weighted by Crippen LogP contribution is 2.36. The highest BCUT2D eigenvalue weighted by atomic mass is 79.9. The SMILES string of the molecule is CCOC(=O)c1c(Nc2ccc(Br)cc2F)c(C)c(=O)n2c1C(C(N)=O)CC2. The fourth-order valence-corrected chi connectivity index (χ4v) is 3.75. The molecule has 0 aliphatic carbocycles. The molecule has 7 nitrogen and oxygen atoms in total. The summed E-state index contributed by atoms with van der Waals surface area (Å²) in [5.41, 5.74) is 5.78. The fraction of sp³-hybridized carbons (Fsp3) is 0.316. The van der Waals surface area contributed by atoms with E-state index < -0.39 is 23.6 Å². The normalized spacial score (nSPS) is 15.2. The van der Waals surface area contributed by atoms with Gasteiger partial charge in [0, 0.05) is 16.6 Å². The standard InChI is InChI=1S/C19H19BrFN3O4/c1-3-28-19(27)14-15(23-13-5-4-10(20)8-12(13)21)9(2)18(26)24-7-6-11(16(14)24)17(22)25/h4-5,8,11,23H,3,6-7H2,1-2H3,(H2,22,25). The monoisotopic (exact) mass is 451 g/mol. The second-order valence-corrected chi connectivity index (χ2v) is 7.35. The van der Waals surface area contributed by atoms with Crippen LogP contribution in [0.4, 0.5) is 15.8 Å². The molecule has 28 heavy (non-hydrogen) atoms. The number of halogens is 2. The number of rotatable bonds is 5. The molecule has 1 amide bonds. The van der Waals surface area contributed by atoms with Crippen LogP contribution in [0.3, 0.4) is 0 Å². The van der Waals surface area contributed by atoms with Crippen molar-refractivity contribution in [2.45, 2.75) is 32.7 Å². The Hall–Kier alpha value is -2.68. The summed E-state index contributed by atoms with van der Waals surface area (Å²) >= 11 is 3.18. The molecule has 1 aliphatic rings. The summed E-state index contributed by atoms with van der Waals surface area (Å²) in [7, 11) is 0. The van der Waals surface area contributed by atoms with Gasteiger partial charge in [-0.25, -0.2) is 9.18 Å². The number of benzene rings is 1. The van der Waals surface area contributed by atoms with E-state index in [4.69, 9.17) is 10.5 Å². The number of esters is 1. The van der Waals surface area contributed by atoms with Crippen LogP contribution in [0, 0.1) is 12.7 Å². The van der Waals surface area contributed by atoms with Gasteiger partial charge < -0.3 is 20.4 Å². The summed E-state index contributed by atoms with van der Waals surface area (Å²) in [4.78, 5) is 37.5. The topological polar surface area (TPSA) is 103 Å². The number of nitrogens with one attached hydrogen (secondary N) is 1. The molecule has 3 rings (SSSR count). The average Bonchev–Trinajstić information content (AvgIpc) is 3.06. The summed E-state index contributed by atoms with van der Waals surface area (Å²) in [6.45, 7) is 3.55. The first-order chi connectivity index (χ1) is 13.3. The van der Waals surface area contributed by atoms with Crippen LogP contribution in [-0.4, -0.2) is 23.1 Å². The third-order valence-electron chi connectivity index (χ3n) is 4.72. The molecule has 0 saturated heterocycles. The van der Waals surface area contributed by atoms with Gasteiger partial charge in [0.15, 0.2) is 0 Å². The van der Waals surface area contributed by atoms with E-state index in [-0.39, 0.29) is 46.9 Å². The third kappa shape index (κ3) is 3.42. The predicted molar refractivity (Wildman–Crippen MR) is 105 cm³/mol. The van der Waals surface area contributed by atoms with Gasteiger partial charge in [0.2, 0.25) is 5.91 Å². The Kier molecular flexibility index (Phi) is 5.55. The van der Waals surface area contributed by atoms with Gasteiger partial charge in [-0.15, -0.1) is 0 Å². The molecule has 1 aliphatic heterocycles. The van der Waals surface area contributed by atoms with E-state index in [2.05, 4.69) is 21.2 Å². The maximum atomic E-state index is 14.4. The molecule has 2 heterocycles. The molecule has 1 aromatic carbocycles. The van der Waals surface area contributed by atoms with Crippen LogP contribution >= 0.6 is 15.9 Å². The molecule has 2 aromatic rings. The molecule has 0 fully saturated rings. The lowest BCUT2D eigenvalue weighted by molar-refractivity contribution is -0.119. The van der Waals surface area contributed by atoms with Crippen molar-refractivity contribution in [3.05, 3.63) is 55.7 Å². The third-order valence-corrected chi connectivity index (χ3v) is 5.22. The number of fused-ring (bicyclic) bond motifs is 1. The number of amides is 1. The van der Waals surface area contributed by atoms with Gasteiger partial charge >= 0.3 is 5.97 Å². The summed E-state index contributed by atoms with van der Waals surface area (Å²) in [5, 5.41) is 2.84.